The van der Waals surface area contributed by atoms with E-state index in [1.807, 2.05) is 20.0 Å². The third-order valence-corrected chi connectivity index (χ3v) is 3.66. The van der Waals surface area contributed by atoms with Crippen molar-refractivity contribution in [2.24, 2.45) is 0 Å². The fraction of sp³-hybridized carbons (Fsp3) is 0.154. The van der Waals surface area contributed by atoms with Crippen LogP contribution in [0.25, 0.3) is 16.7 Å². The molecule has 7 heteroatoms. The molecule has 0 aliphatic rings. The van der Waals surface area contributed by atoms with E-state index >= 15 is 0 Å². The minimum absolute atomic E-state index is 0.479. The molecular formula is C13H11Cl2N5. The molecule has 3 aromatic rings. The first-order chi connectivity index (χ1) is 9.60. The fourth-order valence-corrected chi connectivity index (χ4v) is 2.31. The smallest absolute Gasteiger partial charge is 0.168 e. The van der Waals surface area contributed by atoms with Crippen LogP contribution in [-0.2, 0) is 0 Å². The Labute approximate surface area is 125 Å². The first kappa shape index (κ1) is 13.1. The molecular weight excluding hydrogens is 297 g/mol. The zero-order valence-corrected chi connectivity index (χ0v) is 12.4. The summed E-state index contributed by atoms with van der Waals surface area (Å²) in [4.78, 5) is 8.78. The van der Waals surface area contributed by atoms with E-state index in [9.17, 15) is 0 Å². The zero-order chi connectivity index (χ0) is 14.3. The summed E-state index contributed by atoms with van der Waals surface area (Å²) in [6, 6.07) is 5.34. The molecule has 5 nitrogen and oxygen atoms in total. The molecule has 1 N–H and O–H groups in total. The van der Waals surface area contributed by atoms with Gasteiger partial charge in [0.2, 0.25) is 0 Å². The first-order valence-electron chi connectivity index (χ1n) is 5.95. The first-order valence-corrected chi connectivity index (χ1v) is 6.71. The van der Waals surface area contributed by atoms with E-state index in [0.29, 0.717) is 15.9 Å². The molecule has 0 bridgehead atoms. The normalized spacial score (nSPS) is 11.0. The van der Waals surface area contributed by atoms with E-state index in [-0.39, 0.29) is 0 Å². The van der Waals surface area contributed by atoms with Crippen LogP contribution in [0.2, 0.25) is 10.0 Å². The predicted molar refractivity (Wildman–Crippen MR) is 81.0 cm³/mol. The molecule has 0 radical (unpaired) electrons. The molecule has 0 amide bonds. The molecule has 1 aromatic carbocycles. The minimum atomic E-state index is 0.479. The van der Waals surface area contributed by atoms with E-state index in [4.69, 9.17) is 23.2 Å². The Morgan fingerprint density at radius 3 is 2.65 bits per heavy atom. The number of hydrogen-bond donors (Lipinski definition) is 1. The van der Waals surface area contributed by atoms with Crippen molar-refractivity contribution in [2.45, 2.75) is 6.92 Å². The SMILES string of the molecule is CNc1nc(C)nc2c1cnn2-c1ccc(Cl)c(Cl)c1. The average Bonchev–Trinajstić information content (AvgIpc) is 2.84. The number of aryl methyl sites for hydroxylation is 1. The Kier molecular flexibility index (Phi) is 3.23. The molecule has 0 atom stereocenters. The van der Waals surface area contributed by atoms with Crippen molar-refractivity contribution in [2.75, 3.05) is 12.4 Å². The van der Waals surface area contributed by atoms with Crippen LogP contribution >= 0.6 is 23.2 Å². The number of anilines is 1. The van der Waals surface area contributed by atoms with E-state index in [0.717, 1.165) is 22.5 Å². The van der Waals surface area contributed by atoms with E-state index in [2.05, 4.69) is 20.4 Å². The Bertz CT molecular complexity index is 797. The molecule has 0 saturated carbocycles. The number of aromatic nitrogens is 4. The summed E-state index contributed by atoms with van der Waals surface area (Å²) in [5.41, 5.74) is 1.52. The Morgan fingerprint density at radius 2 is 1.95 bits per heavy atom. The lowest BCUT2D eigenvalue weighted by Crippen LogP contribution is -2.01. The summed E-state index contributed by atoms with van der Waals surface area (Å²) < 4.78 is 1.72. The summed E-state index contributed by atoms with van der Waals surface area (Å²) in [6.07, 6.45) is 1.73. The lowest BCUT2D eigenvalue weighted by Gasteiger charge is -2.06. The molecule has 20 heavy (non-hydrogen) atoms. The summed E-state index contributed by atoms with van der Waals surface area (Å²) in [7, 11) is 1.82. The van der Waals surface area contributed by atoms with Crippen molar-refractivity contribution in [1.29, 1.82) is 0 Å². The number of halogens is 2. The standard InChI is InChI=1S/C13H11Cl2N5/c1-7-18-12(16-2)9-6-17-20(13(9)19-7)8-3-4-10(14)11(15)5-8/h3-6H,1-2H3,(H,16,18,19). The quantitative estimate of drug-likeness (QED) is 0.787. The second-order valence-electron chi connectivity index (χ2n) is 4.26. The second-order valence-corrected chi connectivity index (χ2v) is 5.08. The van der Waals surface area contributed by atoms with Crippen molar-refractivity contribution >= 4 is 40.1 Å². The molecule has 3 rings (SSSR count). The van der Waals surface area contributed by atoms with E-state index < -0.39 is 0 Å². The van der Waals surface area contributed by atoms with Crippen LogP contribution in [0.3, 0.4) is 0 Å². The van der Waals surface area contributed by atoms with Crippen LogP contribution in [0.5, 0.6) is 0 Å². The number of rotatable bonds is 2. The Morgan fingerprint density at radius 1 is 1.15 bits per heavy atom. The van der Waals surface area contributed by atoms with Crippen molar-refractivity contribution in [3.63, 3.8) is 0 Å². The molecule has 102 valence electrons. The van der Waals surface area contributed by atoms with Gasteiger partial charge in [0.05, 0.1) is 27.3 Å². The minimum Gasteiger partial charge on any atom is -0.372 e. The molecule has 0 fully saturated rings. The maximum Gasteiger partial charge on any atom is 0.168 e. The highest BCUT2D eigenvalue weighted by Gasteiger charge is 2.12. The summed E-state index contributed by atoms with van der Waals surface area (Å²) in [5, 5.41) is 9.24. The Hall–Kier alpha value is -1.85. The molecule has 0 aliphatic heterocycles. The lowest BCUT2D eigenvalue weighted by molar-refractivity contribution is 0.890. The van der Waals surface area contributed by atoms with Gasteiger partial charge in [-0.2, -0.15) is 5.10 Å². The van der Waals surface area contributed by atoms with Crippen molar-refractivity contribution in [3.8, 4) is 5.69 Å². The van der Waals surface area contributed by atoms with Crippen LogP contribution in [-0.4, -0.2) is 26.8 Å². The largest absolute Gasteiger partial charge is 0.372 e. The van der Waals surface area contributed by atoms with E-state index in [1.54, 1.807) is 23.0 Å². The average molecular weight is 308 g/mol. The summed E-state index contributed by atoms with van der Waals surface area (Å²) in [6.45, 7) is 1.84. The van der Waals surface area contributed by atoms with E-state index in [1.165, 1.54) is 0 Å². The third kappa shape index (κ3) is 2.09. The van der Waals surface area contributed by atoms with Gasteiger partial charge in [-0.15, -0.1) is 0 Å². The van der Waals surface area contributed by atoms with Crippen molar-refractivity contribution < 1.29 is 0 Å². The molecule has 2 heterocycles. The molecule has 2 aromatic heterocycles. The van der Waals surface area contributed by atoms with Gasteiger partial charge in [-0.25, -0.2) is 14.6 Å². The van der Waals surface area contributed by atoms with Gasteiger partial charge in [0, 0.05) is 7.05 Å². The third-order valence-electron chi connectivity index (χ3n) is 2.92. The fourth-order valence-electron chi connectivity index (χ4n) is 2.01. The summed E-state index contributed by atoms with van der Waals surface area (Å²) in [5.74, 6) is 1.42. The van der Waals surface area contributed by atoms with Crippen molar-refractivity contribution in [3.05, 3.63) is 40.3 Å². The van der Waals surface area contributed by atoms with Gasteiger partial charge in [-0.3, -0.25) is 0 Å². The molecule has 0 unspecified atom stereocenters. The number of nitrogens with zero attached hydrogens (tertiary/aromatic N) is 4. The Balaban J connectivity index is 2.26. The highest BCUT2D eigenvalue weighted by atomic mass is 35.5. The zero-order valence-electron chi connectivity index (χ0n) is 10.9. The van der Waals surface area contributed by atoms with Gasteiger partial charge in [0.15, 0.2) is 5.65 Å². The number of hydrogen-bond acceptors (Lipinski definition) is 4. The molecule has 0 aliphatic carbocycles. The van der Waals surface area contributed by atoms with Gasteiger partial charge in [0.25, 0.3) is 0 Å². The maximum atomic E-state index is 6.05. The lowest BCUT2D eigenvalue weighted by atomic mass is 10.3. The monoisotopic (exact) mass is 307 g/mol. The van der Waals surface area contributed by atoms with Crippen LogP contribution in [0.1, 0.15) is 5.82 Å². The number of fused-ring (bicyclic) bond motifs is 1. The van der Waals surface area contributed by atoms with Gasteiger partial charge < -0.3 is 5.32 Å². The highest BCUT2D eigenvalue weighted by Crippen LogP contribution is 2.27. The van der Waals surface area contributed by atoms with Crippen LogP contribution < -0.4 is 5.32 Å². The van der Waals surface area contributed by atoms with Crippen LogP contribution in [0.15, 0.2) is 24.4 Å². The van der Waals surface area contributed by atoms with Gasteiger partial charge in [-0.05, 0) is 25.1 Å². The van der Waals surface area contributed by atoms with Gasteiger partial charge in [-0.1, -0.05) is 23.2 Å². The van der Waals surface area contributed by atoms with Crippen molar-refractivity contribution in [1.82, 2.24) is 19.7 Å². The topological polar surface area (TPSA) is 55.6 Å². The van der Waals surface area contributed by atoms with Gasteiger partial charge >= 0.3 is 0 Å². The molecule has 0 saturated heterocycles. The second kappa shape index (κ2) is 4.92. The number of benzene rings is 1. The molecule has 0 spiro atoms. The maximum absolute atomic E-state index is 6.05. The summed E-state index contributed by atoms with van der Waals surface area (Å²) >= 11 is 12.0. The van der Waals surface area contributed by atoms with Gasteiger partial charge in [0.1, 0.15) is 11.6 Å². The highest BCUT2D eigenvalue weighted by molar-refractivity contribution is 6.42. The van der Waals surface area contributed by atoms with Crippen LogP contribution in [0.4, 0.5) is 5.82 Å². The number of nitrogens with one attached hydrogen (secondary N) is 1. The van der Waals surface area contributed by atoms with Crippen LogP contribution in [0, 0.1) is 6.92 Å². The predicted octanol–water partition coefficient (Wildman–Crippen LogP) is 3.47.